The van der Waals surface area contributed by atoms with Gasteiger partial charge in [-0.05, 0) is 31.0 Å². The Hall–Kier alpha value is -1.11. The summed E-state index contributed by atoms with van der Waals surface area (Å²) in [5, 5.41) is 1.09. The summed E-state index contributed by atoms with van der Waals surface area (Å²) in [6, 6.07) is 6.98. The zero-order valence-electron chi connectivity index (χ0n) is 9.91. The fraction of sp³-hybridized carbons (Fsp3) is 0.250. The van der Waals surface area contributed by atoms with Crippen LogP contribution in [0.15, 0.2) is 40.6 Å². The molecule has 0 radical (unpaired) electrons. The van der Waals surface area contributed by atoms with Gasteiger partial charge in [0.25, 0.3) is 0 Å². The van der Waals surface area contributed by atoms with E-state index >= 15 is 0 Å². The zero-order valence-corrected chi connectivity index (χ0v) is 11.5. The molecular weight excluding hydrogens is 272 g/mol. The minimum Gasteiger partial charge on any atom is -0.286 e. The molecule has 0 bridgehead atoms. The van der Waals surface area contributed by atoms with Crippen molar-refractivity contribution in [2.75, 3.05) is 5.75 Å². The van der Waals surface area contributed by atoms with E-state index in [1.165, 1.54) is 6.08 Å². The molecule has 0 N–H and O–H groups in total. The highest BCUT2D eigenvalue weighted by molar-refractivity contribution is 7.96. The van der Waals surface area contributed by atoms with Crippen molar-refractivity contribution in [1.29, 1.82) is 0 Å². The maximum Gasteiger partial charge on any atom is 0.174 e. The lowest BCUT2D eigenvalue weighted by Crippen LogP contribution is -2.20. The fourth-order valence-electron chi connectivity index (χ4n) is 1.61. The van der Waals surface area contributed by atoms with Crippen LogP contribution in [0.5, 0.6) is 0 Å². The molecule has 0 saturated carbocycles. The Labute approximate surface area is 107 Å². The first-order valence-electron chi connectivity index (χ1n) is 5.32. The Morgan fingerprint density at radius 3 is 2.44 bits per heavy atom. The summed E-state index contributed by atoms with van der Waals surface area (Å²) in [5.74, 6) is 3.38. The number of hydrogen-bond acceptors (Lipinski definition) is 4. The van der Waals surface area contributed by atoms with Gasteiger partial charge >= 0.3 is 0 Å². The van der Waals surface area contributed by atoms with E-state index in [0.29, 0.717) is 4.90 Å². The van der Waals surface area contributed by atoms with Gasteiger partial charge in [0.2, 0.25) is 0 Å². The molecule has 0 spiro atoms. The molecule has 18 heavy (non-hydrogen) atoms. The maximum atomic E-state index is 12.3. The molecule has 1 heterocycles. The molecule has 1 aromatic rings. The van der Waals surface area contributed by atoms with Gasteiger partial charge in [0, 0.05) is 5.41 Å². The second kappa shape index (κ2) is 4.53. The predicted molar refractivity (Wildman–Crippen MR) is 72.5 cm³/mol. The van der Waals surface area contributed by atoms with Gasteiger partial charge in [0.1, 0.15) is 15.9 Å². The second-order valence-electron chi connectivity index (χ2n) is 4.22. The molecule has 6 heteroatoms. The van der Waals surface area contributed by atoms with Crippen molar-refractivity contribution in [3.63, 3.8) is 0 Å². The summed E-state index contributed by atoms with van der Waals surface area (Å²) in [6.45, 7) is 1.92. The van der Waals surface area contributed by atoms with E-state index in [1.54, 1.807) is 12.1 Å². The molecular formula is C12H14O4S2. The van der Waals surface area contributed by atoms with Crippen LogP contribution in [0.4, 0.5) is 0 Å². The number of hydrogen-bond donors (Lipinski definition) is 0. The van der Waals surface area contributed by atoms with Crippen LogP contribution < -0.4 is 0 Å². The van der Waals surface area contributed by atoms with E-state index in [-0.39, 0.29) is 5.75 Å². The Balaban J connectivity index is 2.19. The summed E-state index contributed by atoms with van der Waals surface area (Å²) < 4.78 is 40.1. The lowest BCUT2D eigenvalue weighted by atomic mass is 10.2. The second-order valence-corrected chi connectivity index (χ2v) is 8.05. The minimum absolute atomic E-state index is 0.175. The highest BCUT2D eigenvalue weighted by Gasteiger charge is 2.25. The summed E-state index contributed by atoms with van der Waals surface area (Å²) in [5.41, 5.74) is 1.04. The first kappa shape index (κ1) is 13.3. The van der Waals surface area contributed by atoms with Gasteiger partial charge in [-0.25, -0.2) is 12.6 Å². The SMILES string of the molecule is C=S(=O)(OC1C=CS(=O)(=O)C1)c1ccc(C)cc1. The van der Waals surface area contributed by atoms with Crippen LogP contribution in [0.1, 0.15) is 5.56 Å². The molecule has 0 saturated heterocycles. The molecule has 1 aliphatic rings. The van der Waals surface area contributed by atoms with Crippen LogP contribution in [0, 0.1) is 6.92 Å². The van der Waals surface area contributed by atoms with Crippen LogP contribution in [0.3, 0.4) is 0 Å². The number of sulfone groups is 1. The highest BCUT2D eigenvalue weighted by Crippen LogP contribution is 2.19. The number of benzene rings is 1. The van der Waals surface area contributed by atoms with Gasteiger partial charge in [0.15, 0.2) is 9.84 Å². The third-order valence-electron chi connectivity index (χ3n) is 2.56. The van der Waals surface area contributed by atoms with Gasteiger partial charge in [-0.2, -0.15) is 0 Å². The largest absolute Gasteiger partial charge is 0.286 e. The normalized spacial score (nSPS) is 24.8. The van der Waals surface area contributed by atoms with Crippen molar-refractivity contribution in [2.24, 2.45) is 0 Å². The van der Waals surface area contributed by atoms with Crippen molar-refractivity contribution < 1.29 is 16.8 Å². The lowest BCUT2D eigenvalue weighted by Gasteiger charge is -2.14. The minimum atomic E-state index is -3.22. The van der Waals surface area contributed by atoms with E-state index in [0.717, 1.165) is 11.0 Å². The molecule has 98 valence electrons. The number of rotatable bonds is 3. The molecule has 2 rings (SSSR count). The molecule has 1 aliphatic heterocycles. The summed E-state index contributed by atoms with van der Waals surface area (Å²) in [7, 11) is -6.14. The average Bonchev–Trinajstić information content (AvgIpc) is 2.57. The van der Waals surface area contributed by atoms with Crippen LogP contribution in [0.25, 0.3) is 0 Å². The predicted octanol–water partition coefficient (Wildman–Crippen LogP) is 1.31. The van der Waals surface area contributed by atoms with E-state index in [9.17, 15) is 12.6 Å². The zero-order chi connectivity index (χ0) is 13.4. The average molecular weight is 286 g/mol. The molecule has 2 unspecified atom stereocenters. The van der Waals surface area contributed by atoms with Crippen LogP contribution >= 0.6 is 0 Å². The van der Waals surface area contributed by atoms with E-state index in [2.05, 4.69) is 5.87 Å². The molecule has 0 fully saturated rings. The topological polar surface area (TPSA) is 60.4 Å². The summed E-state index contributed by atoms with van der Waals surface area (Å²) in [4.78, 5) is 0.464. The third kappa shape index (κ3) is 3.01. The first-order chi connectivity index (χ1) is 8.28. The third-order valence-corrected chi connectivity index (χ3v) is 5.47. The number of aryl methyl sites for hydroxylation is 1. The van der Waals surface area contributed by atoms with Crippen LogP contribution in [0.2, 0.25) is 0 Å². The van der Waals surface area contributed by atoms with Crippen molar-refractivity contribution in [2.45, 2.75) is 17.9 Å². The van der Waals surface area contributed by atoms with Crippen molar-refractivity contribution in [1.82, 2.24) is 0 Å². The van der Waals surface area contributed by atoms with E-state index in [1.807, 2.05) is 19.1 Å². The Morgan fingerprint density at radius 2 is 1.94 bits per heavy atom. The van der Waals surface area contributed by atoms with Crippen LogP contribution in [-0.4, -0.2) is 30.4 Å². The highest BCUT2D eigenvalue weighted by atomic mass is 32.2. The molecule has 1 aromatic carbocycles. The quantitative estimate of drug-likeness (QED) is 0.786. The molecule has 0 aromatic heterocycles. The summed E-state index contributed by atoms with van der Waals surface area (Å²) in [6.07, 6.45) is 0.704. The van der Waals surface area contributed by atoms with Gasteiger partial charge in [-0.3, -0.25) is 4.18 Å². The lowest BCUT2D eigenvalue weighted by molar-refractivity contribution is 0.301. The monoisotopic (exact) mass is 286 g/mol. The van der Waals surface area contributed by atoms with Crippen LogP contribution in [-0.2, 0) is 23.8 Å². The van der Waals surface area contributed by atoms with Gasteiger partial charge in [-0.1, -0.05) is 17.7 Å². The molecule has 0 amide bonds. The Kier molecular flexibility index (Phi) is 3.35. The fourth-order valence-corrected chi connectivity index (χ4v) is 4.05. The first-order valence-corrected chi connectivity index (χ1v) is 8.68. The standard InChI is InChI=1S/C12H14O4S2/c1-10-3-5-12(6-4-10)17(2,13)16-11-7-8-18(14,15)9-11/h3-8,11H,2,9H2,1H3. The van der Waals surface area contributed by atoms with Crippen molar-refractivity contribution in [3.8, 4) is 0 Å². The molecule has 2 atom stereocenters. The Morgan fingerprint density at radius 1 is 1.33 bits per heavy atom. The van der Waals surface area contributed by atoms with Gasteiger partial charge in [-0.15, -0.1) is 0 Å². The molecule has 4 nitrogen and oxygen atoms in total. The van der Waals surface area contributed by atoms with Gasteiger partial charge in [0.05, 0.1) is 10.6 Å². The van der Waals surface area contributed by atoms with Gasteiger partial charge < -0.3 is 0 Å². The smallest absolute Gasteiger partial charge is 0.174 e. The molecule has 0 aliphatic carbocycles. The maximum absolute atomic E-state index is 12.3. The van der Waals surface area contributed by atoms with Crippen molar-refractivity contribution >= 4 is 25.5 Å². The van der Waals surface area contributed by atoms with E-state index < -0.39 is 25.7 Å². The summed E-state index contributed by atoms with van der Waals surface area (Å²) >= 11 is 0. The Bertz CT molecular complexity index is 667. The van der Waals surface area contributed by atoms with Crippen molar-refractivity contribution in [3.05, 3.63) is 41.3 Å². The van der Waals surface area contributed by atoms with E-state index in [4.69, 9.17) is 4.18 Å².